The van der Waals surface area contributed by atoms with E-state index in [4.69, 9.17) is 0 Å². The maximum Gasteiger partial charge on any atom is 0.347 e. The number of thiazole rings is 1. The summed E-state index contributed by atoms with van der Waals surface area (Å²) >= 11 is 0.961. The van der Waals surface area contributed by atoms with Crippen molar-refractivity contribution < 1.29 is 14.3 Å². The van der Waals surface area contributed by atoms with Crippen LogP contribution in [0.15, 0.2) is 53.3 Å². The van der Waals surface area contributed by atoms with Gasteiger partial charge >= 0.3 is 11.7 Å². The van der Waals surface area contributed by atoms with Crippen LogP contribution in [0.25, 0.3) is 16.2 Å². The van der Waals surface area contributed by atoms with Crippen LogP contribution < -0.4 is 5.69 Å². The van der Waals surface area contributed by atoms with Crippen molar-refractivity contribution in [1.29, 1.82) is 0 Å². The summed E-state index contributed by atoms with van der Waals surface area (Å²) < 4.78 is 16.1. The smallest absolute Gasteiger partial charge is 0.347 e. The van der Waals surface area contributed by atoms with Crippen LogP contribution in [-0.2, 0) is 6.54 Å². The van der Waals surface area contributed by atoms with Crippen molar-refractivity contribution in [2.45, 2.75) is 60.2 Å². The highest BCUT2D eigenvalue weighted by Gasteiger charge is 2.20. The molecule has 7 nitrogen and oxygen atoms in total. The second-order valence-corrected chi connectivity index (χ2v) is 10.0. The molecule has 0 fully saturated rings. The number of fused-ring (bicyclic) bond motifs is 1. The minimum atomic E-state index is -1.07. The Labute approximate surface area is 214 Å². The fourth-order valence-corrected chi connectivity index (χ4v) is 5.23. The molecular formula is C27H33FN4O3S. The molecule has 0 amide bonds. The van der Waals surface area contributed by atoms with Gasteiger partial charge in [0.15, 0.2) is 5.13 Å². The first-order valence-electron chi connectivity index (χ1n) is 12.0. The van der Waals surface area contributed by atoms with Crippen molar-refractivity contribution in [1.82, 2.24) is 19.0 Å². The second kappa shape index (κ2) is 11.6. The number of aromatic carboxylic acids is 1. The summed E-state index contributed by atoms with van der Waals surface area (Å²) in [7, 11) is 0. The number of carboxylic acids is 1. The summed E-state index contributed by atoms with van der Waals surface area (Å²) in [6, 6.07) is 14.6. The fourth-order valence-electron chi connectivity index (χ4n) is 4.32. The van der Waals surface area contributed by atoms with Gasteiger partial charge in [-0.3, -0.25) is 9.47 Å². The molecule has 9 heteroatoms. The average molecular weight is 513 g/mol. The lowest BCUT2D eigenvalue weighted by molar-refractivity contribution is 0.0701. The number of aromatic nitrogens is 3. The number of para-hydroxylation sites is 2. The van der Waals surface area contributed by atoms with E-state index in [0.29, 0.717) is 33.9 Å². The van der Waals surface area contributed by atoms with Crippen LogP contribution in [0.3, 0.4) is 0 Å². The molecule has 4 aromatic rings. The Hall–Kier alpha value is -3.30. The zero-order chi connectivity index (χ0) is 26.6. The Bertz CT molecular complexity index is 1380. The number of carbonyl (C=O) groups is 1. The highest BCUT2D eigenvalue weighted by atomic mass is 32.1. The first kappa shape index (κ1) is 27.3. The molecule has 0 bridgehead atoms. The number of hydrogen-bond donors (Lipinski definition) is 1. The van der Waals surface area contributed by atoms with Crippen LogP contribution in [0.5, 0.6) is 0 Å². The quantitative estimate of drug-likeness (QED) is 0.350. The van der Waals surface area contributed by atoms with E-state index in [-0.39, 0.29) is 22.9 Å². The van der Waals surface area contributed by atoms with E-state index < -0.39 is 5.97 Å². The molecule has 0 aliphatic rings. The van der Waals surface area contributed by atoms with Gasteiger partial charge in [0.1, 0.15) is 10.7 Å². The van der Waals surface area contributed by atoms with Crippen LogP contribution >= 0.6 is 11.3 Å². The maximum atomic E-state index is 13.2. The van der Waals surface area contributed by atoms with E-state index in [1.807, 2.05) is 12.1 Å². The van der Waals surface area contributed by atoms with E-state index in [0.717, 1.165) is 23.4 Å². The van der Waals surface area contributed by atoms with Gasteiger partial charge < -0.3 is 5.11 Å². The van der Waals surface area contributed by atoms with E-state index >= 15 is 0 Å². The third kappa shape index (κ3) is 5.91. The van der Waals surface area contributed by atoms with Gasteiger partial charge in [-0.2, -0.15) is 0 Å². The minimum absolute atomic E-state index is 0.104. The molecule has 0 aliphatic heterocycles. The molecule has 0 spiro atoms. The van der Waals surface area contributed by atoms with E-state index in [2.05, 4.69) is 44.5 Å². The molecule has 0 aliphatic carbocycles. The number of halogens is 1. The van der Waals surface area contributed by atoms with Gasteiger partial charge in [-0.15, -0.1) is 0 Å². The highest BCUT2D eigenvalue weighted by molar-refractivity contribution is 7.16. The fraction of sp³-hybridized carbons (Fsp3) is 0.370. The summed E-state index contributed by atoms with van der Waals surface area (Å²) in [5, 5.41) is 9.59. The third-order valence-electron chi connectivity index (χ3n) is 5.95. The van der Waals surface area contributed by atoms with Gasteiger partial charge in [0.25, 0.3) is 0 Å². The van der Waals surface area contributed by atoms with Crippen LogP contribution in [-0.4, -0.2) is 48.7 Å². The molecule has 0 saturated heterocycles. The standard InChI is InChI=1S/C19H14FN3O3S.C8H19N/c1-11-16(17(24)25)27-18(21-11)23-15-5-3-2-4-14(15)22(19(23)26)10-12-6-8-13(20)9-7-12;1-6-9(7(2)3)8(4)5/h2-9H,10H2,1H3,(H,24,25);7-8H,6H2,1-5H3. The predicted molar refractivity (Wildman–Crippen MR) is 143 cm³/mol. The van der Waals surface area contributed by atoms with Crippen molar-refractivity contribution in [2.75, 3.05) is 6.54 Å². The highest BCUT2D eigenvalue weighted by Crippen LogP contribution is 2.25. The van der Waals surface area contributed by atoms with Gasteiger partial charge in [0.05, 0.1) is 23.3 Å². The lowest BCUT2D eigenvalue weighted by Gasteiger charge is -2.28. The molecule has 1 N–H and O–H groups in total. The summed E-state index contributed by atoms with van der Waals surface area (Å²) in [6.45, 7) is 14.2. The van der Waals surface area contributed by atoms with Gasteiger partial charge in [0, 0.05) is 12.1 Å². The van der Waals surface area contributed by atoms with Gasteiger partial charge in [-0.1, -0.05) is 42.5 Å². The largest absolute Gasteiger partial charge is 0.477 e. The summed E-state index contributed by atoms with van der Waals surface area (Å²) in [5.41, 5.74) is 2.14. The zero-order valence-electron chi connectivity index (χ0n) is 21.5. The van der Waals surface area contributed by atoms with E-state index in [1.165, 1.54) is 16.7 Å². The number of carboxylic acid groups (broad SMARTS) is 1. The number of imidazole rings is 1. The first-order valence-corrected chi connectivity index (χ1v) is 12.8. The molecule has 2 heterocycles. The van der Waals surface area contributed by atoms with Gasteiger partial charge in [-0.25, -0.2) is 23.5 Å². The van der Waals surface area contributed by atoms with Crippen LogP contribution in [0.2, 0.25) is 0 Å². The third-order valence-corrected chi connectivity index (χ3v) is 7.08. The van der Waals surface area contributed by atoms with Crippen LogP contribution in [0.1, 0.15) is 55.5 Å². The molecule has 2 aromatic carbocycles. The summed E-state index contributed by atoms with van der Waals surface area (Å²) in [6.07, 6.45) is 0. The molecule has 0 saturated carbocycles. The maximum absolute atomic E-state index is 13.2. The molecule has 2 aromatic heterocycles. The van der Waals surface area contributed by atoms with Crippen molar-refractivity contribution in [3.05, 3.63) is 81.0 Å². The Morgan fingerprint density at radius 1 is 1.06 bits per heavy atom. The normalized spacial score (nSPS) is 11.4. The van der Waals surface area contributed by atoms with Crippen molar-refractivity contribution in [3.63, 3.8) is 0 Å². The van der Waals surface area contributed by atoms with Crippen molar-refractivity contribution in [3.8, 4) is 5.13 Å². The molecule has 0 radical (unpaired) electrons. The second-order valence-electron chi connectivity index (χ2n) is 9.05. The Morgan fingerprint density at radius 3 is 2.11 bits per heavy atom. The number of rotatable bonds is 7. The van der Waals surface area contributed by atoms with Crippen molar-refractivity contribution >= 4 is 28.3 Å². The van der Waals surface area contributed by atoms with Gasteiger partial charge in [0.2, 0.25) is 0 Å². The predicted octanol–water partition coefficient (Wildman–Crippen LogP) is 5.57. The molecular weight excluding hydrogens is 479 g/mol. The minimum Gasteiger partial charge on any atom is -0.477 e. The number of aryl methyl sites for hydroxylation is 1. The van der Waals surface area contributed by atoms with E-state index in [9.17, 15) is 19.1 Å². The number of benzene rings is 2. The van der Waals surface area contributed by atoms with E-state index in [1.54, 1.807) is 35.8 Å². The van der Waals surface area contributed by atoms with Crippen molar-refractivity contribution in [2.24, 2.45) is 0 Å². The molecule has 0 unspecified atom stereocenters. The number of nitrogens with zero attached hydrogens (tertiary/aromatic N) is 4. The SMILES string of the molecule is CCN(C(C)C)C(C)C.Cc1nc(-n2c(=O)n(Cc3ccc(F)cc3)c3ccccc32)sc1C(=O)O. The van der Waals surface area contributed by atoms with Gasteiger partial charge in [-0.05, 0) is 71.0 Å². The molecule has 192 valence electrons. The molecule has 36 heavy (non-hydrogen) atoms. The Morgan fingerprint density at radius 2 is 1.64 bits per heavy atom. The summed E-state index contributed by atoms with van der Waals surface area (Å²) in [5.74, 6) is -1.41. The van der Waals surface area contributed by atoms with Crippen LogP contribution in [0, 0.1) is 12.7 Å². The first-order chi connectivity index (χ1) is 17.0. The number of hydrogen-bond acceptors (Lipinski definition) is 5. The Kier molecular flexibility index (Phi) is 8.81. The average Bonchev–Trinajstić information content (AvgIpc) is 3.33. The zero-order valence-corrected chi connectivity index (χ0v) is 22.3. The Balaban J connectivity index is 0.000000345. The monoisotopic (exact) mass is 512 g/mol. The molecule has 0 atom stereocenters. The lowest BCUT2D eigenvalue weighted by atomic mass is 10.2. The van der Waals surface area contributed by atoms with Crippen LogP contribution in [0.4, 0.5) is 4.39 Å². The summed E-state index contributed by atoms with van der Waals surface area (Å²) in [4.78, 5) is 31.3. The lowest BCUT2D eigenvalue weighted by Crippen LogP contribution is -2.36. The topological polar surface area (TPSA) is 80.4 Å². The molecule has 4 rings (SSSR count).